The molecule has 0 unspecified atom stereocenters. The van der Waals surface area contributed by atoms with Gasteiger partial charge in [-0.1, -0.05) is 24.3 Å². The third kappa shape index (κ3) is 3.63. The standard InChI is InChI=1S/C19H19N3O2/c1-14(2)22-18(11-12-20-22)21-19(23)15-7-6-10-17(13-15)24-16-8-4-3-5-9-16/h3-14H,1-2H3,(H,21,23). The zero-order valence-corrected chi connectivity index (χ0v) is 13.6. The molecule has 0 aliphatic carbocycles. The summed E-state index contributed by atoms with van der Waals surface area (Å²) in [5, 5.41) is 7.10. The van der Waals surface area contributed by atoms with Gasteiger partial charge in [-0.25, -0.2) is 4.68 Å². The van der Waals surface area contributed by atoms with Crippen LogP contribution < -0.4 is 10.1 Å². The van der Waals surface area contributed by atoms with E-state index in [0.29, 0.717) is 17.1 Å². The fourth-order valence-electron chi connectivity index (χ4n) is 2.34. The van der Waals surface area contributed by atoms with Crippen LogP contribution in [-0.4, -0.2) is 15.7 Å². The van der Waals surface area contributed by atoms with E-state index in [0.717, 1.165) is 5.75 Å². The molecule has 0 atom stereocenters. The van der Waals surface area contributed by atoms with Crippen molar-refractivity contribution in [2.24, 2.45) is 0 Å². The molecule has 3 aromatic rings. The maximum absolute atomic E-state index is 12.5. The molecule has 0 radical (unpaired) electrons. The smallest absolute Gasteiger partial charge is 0.256 e. The van der Waals surface area contributed by atoms with Crippen molar-refractivity contribution < 1.29 is 9.53 Å². The third-order valence-corrected chi connectivity index (χ3v) is 3.48. The van der Waals surface area contributed by atoms with E-state index in [4.69, 9.17) is 4.74 Å². The van der Waals surface area contributed by atoms with Crippen molar-refractivity contribution in [3.05, 3.63) is 72.4 Å². The third-order valence-electron chi connectivity index (χ3n) is 3.48. The van der Waals surface area contributed by atoms with Crippen LogP contribution in [0.25, 0.3) is 0 Å². The fraction of sp³-hybridized carbons (Fsp3) is 0.158. The fourth-order valence-corrected chi connectivity index (χ4v) is 2.34. The lowest BCUT2D eigenvalue weighted by Gasteiger charge is -2.12. The first-order valence-electron chi connectivity index (χ1n) is 7.81. The first kappa shape index (κ1) is 15.8. The molecule has 1 heterocycles. The molecule has 2 aromatic carbocycles. The van der Waals surface area contributed by atoms with Crippen LogP contribution in [0.2, 0.25) is 0 Å². The van der Waals surface area contributed by atoms with E-state index >= 15 is 0 Å². The molecular formula is C19H19N3O2. The normalized spacial score (nSPS) is 10.6. The zero-order chi connectivity index (χ0) is 16.9. The van der Waals surface area contributed by atoms with Gasteiger partial charge in [-0.3, -0.25) is 4.79 Å². The van der Waals surface area contributed by atoms with Crippen LogP contribution in [0.3, 0.4) is 0 Å². The first-order valence-corrected chi connectivity index (χ1v) is 7.81. The van der Waals surface area contributed by atoms with E-state index in [1.807, 2.05) is 50.2 Å². The zero-order valence-electron chi connectivity index (χ0n) is 13.6. The second kappa shape index (κ2) is 7.00. The summed E-state index contributed by atoms with van der Waals surface area (Å²) in [7, 11) is 0. The number of benzene rings is 2. The van der Waals surface area contributed by atoms with Gasteiger partial charge < -0.3 is 10.1 Å². The Balaban J connectivity index is 1.76. The molecule has 1 aromatic heterocycles. The summed E-state index contributed by atoms with van der Waals surface area (Å²) >= 11 is 0. The minimum absolute atomic E-state index is 0.169. The average Bonchev–Trinajstić information content (AvgIpc) is 3.04. The van der Waals surface area contributed by atoms with Crippen LogP contribution in [0.15, 0.2) is 66.9 Å². The Hall–Kier alpha value is -3.08. The molecule has 24 heavy (non-hydrogen) atoms. The Bertz CT molecular complexity index is 825. The molecule has 5 nitrogen and oxygen atoms in total. The number of carbonyl (C=O) groups excluding carboxylic acids is 1. The molecule has 0 aliphatic heterocycles. The Morgan fingerprint density at radius 2 is 1.79 bits per heavy atom. The van der Waals surface area contributed by atoms with Crippen LogP contribution in [0.4, 0.5) is 5.82 Å². The van der Waals surface area contributed by atoms with Crippen molar-refractivity contribution in [2.45, 2.75) is 19.9 Å². The Kier molecular flexibility index (Phi) is 4.61. The molecule has 0 spiro atoms. The number of hydrogen-bond acceptors (Lipinski definition) is 3. The Morgan fingerprint density at radius 1 is 1.04 bits per heavy atom. The highest BCUT2D eigenvalue weighted by Crippen LogP contribution is 2.22. The molecule has 1 amide bonds. The number of carbonyl (C=O) groups is 1. The monoisotopic (exact) mass is 321 g/mol. The summed E-state index contributed by atoms with van der Waals surface area (Å²) in [6.45, 7) is 4.02. The molecular weight excluding hydrogens is 302 g/mol. The SMILES string of the molecule is CC(C)n1nccc1NC(=O)c1cccc(Oc2ccccc2)c1. The highest BCUT2D eigenvalue weighted by atomic mass is 16.5. The first-order chi connectivity index (χ1) is 11.6. The highest BCUT2D eigenvalue weighted by molar-refractivity contribution is 6.04. The summed E-state index contributed by atoms with van der Waals surface area (Å²) < 4.78 is 7.53. The van der Waals surface area contributed by atoms with Crippen LogP contribution >= 0.6 is 0 Å². The van der Waals surface area contributed by atoms with Gasteiger partial charge in [0.05, 0.1) is 6.20 Å². The number of para-hydroxylation sites is 1. The summed E-state index contributed by atoms with van der Waals surface area (Å²) in [6, 6.07) is 18.5. The van der Waals surface area contributed by atoms with Crippen molar-refractivity contribution in [2.75, 3.05) is 5.32 Å². The van der Waals surface area contributed by atoms with E-state index in [1.165, 1.54) is 0 Å². The predicted molar refractivity (Wildman–Crippen MR) is 93.5 cm³/mol. The molecule has 0 saturated carbocycles. The number of nitrogens with zero attached hydrogens (tertiary/aromatic N) is 2. The Morgan fingerprint density at radius 3 is 2.54 bits per heavy atom. The van der Waals surface area contributed by atoms with Crippen molar-refractivity contribution in [3.63, 3.8) is 0 Å². The van der Waals surface area contributed by atoms with Crippen molar-refractivity contribution >= 4 is 11.7 Å². The van der Waals surface area contributed by atoms with Gasteiger partial charge in [0.1, 0.15) is 17.3 Å². The summed E-state index contributed by atoms with van der Waals surface area (Å²) in [5.41, 5.74) is 0.528. The van der Waals surface area contributed by atoms with Crippen molar-refractivity contribution in [1.29, 1.82) is 0 Å². The van der Waals surface area contributed by atoms with Gasteiger partial charge in [0.15, 0.2) is 0 Å². The number of anilines is 1. The largest absolute Gasteiger partial charge is 0.457 e. The minimum Gasteiger partial charge on any atom is -0.457 e. The molecule has 0 fully saturated rings. The maximum Gasteiger partial charge on any atom is 0.256 e. The quantitative estimate of drug-likeness (QED) is 0.752. The topological polar surface area (TPSA) is 56.2 Å². The van der Waals surface area contributed by atoms with Gasteiger partial charge in [-0.05, 0) is 44.2 Å². The van der Waals surface area contributed by atoms with Crippen LogP contribution in [0.1, 0.15) is 30.2 Å². The van der Waals surface area contributed by atoms with Gasteiger partial charge in [-0.15, -0.1) is 0 Å². The number of amides is 1. The highest BCUT2D eigenvalue weighted by Gasteiger charge is 2.12. The van der Waals surface area contributed by atoms with E-state index < -0.39 is 0 Å². The predicted octanol–water partition coefficient (Wildman–Crippen LogP) is 4.51. The second-order valence-corrected chi connectivity index (χ2v) is 5.65. The minimum atomic E-state index is -0.198. The molecule has 1 N–H and O–H groups in total. The maximum atomic E-state index is 12.5. The van der Waals surface area contributed by atoms with Crippen LogP contribution in [-0.2, 0) is 0 Å². The lowest BCUT2D eigenvalue weighted by molar-refractivity contribution is 0.102. The molecule has 3 rings (SSSR count). The summed E-state index contributed by atoms with van der Waals surface area (Å²) in [6.07, 6.45) is 1.67. The number of rotatable bonds is 5. The summed E-state index contributed by atoms with van der Waals surface area (Å²) in [4.78, 5) is 12.5. The number of hydrogen-bond donors (Lipinski definition) is 1. The molecule has 5 heteroatoms. The van der Waals surface area contributed by atoms with Gasteiger partial charge in [0, 0.05) is 17.7 Å². The van der Waals surface area contributed by atoms with Crippen molar-refractivity contribution in [1.82, 2.24) is 9.78 Å². The average molecular weight is 321 g/mol. The van der Waals surface area contributed by atoms with Crippen LogP contribution in [0.5, 0.6) is 11.5 Å². The van der Waals surface area contributed by atoms with Gasteiger partial charge in [0.2, 0.25) is 0 Å². The summed E-state index contributed by atoms with van der Waals surface area (Å²) in [5.74, 6) is 1.82. The van der Waals surface area contributed by atoms with Gasteiger partial charge >= 0.3 is 0 Å². The van der Waals surface area contributed by atoms with E-state index in [2.05, 4.69) is 10.4 Å². The lowest BCUT2D eigenvalue weighted by atomic mass is 10.2. The van der Waals surface area contributed by atoms with Crippen LogP contribution in [0, 0.1) is 0 Å². The van der Waals surface area contributed by atoms with E-state index in [9.17, 15) is 4.79 Å². The van der Waals surface area contributed by atoms with E-state index in [-0.39, 0.29) is 11.9 Å². The van der Waals surface area contributed by atoms with E-state index in [1.54, 1.807) is 35.1 Å². The van der Waals surface area contributed by atoms with Gasteiger partial charge in [0.25, 0.3) is 5.91 Å². The van der Waals surface area contributed by atoms with Crippen molar-refractivity contribution in [3.8, 4) is 11.5 Å². The molecule has 122 valence electrons. The lowest BCUT2D eigenvalue weighted by Crippen LogP contribution is -2.16. The Labute approximate surface area is 140 Å². The number of aromatic nitrogens is 2. The number of nitrogens with one attached hydrogen (secondary N) is 1. The van der Waals surface area contributed by atoms with Gasteiger partial charge in [-0.2, -0.15) is 5.10 Å². The number of ether oxygens (including phenoxy) is 1. The molecule has 0 aliphatic rings. The molecule has 0 bridgehead atoms. The molecule has 0 saturated heterocycles. The second-order valence-electron chi connectivity index (χ2n) is 5.65.